The molecule has 2 heteroatoms. The Morgan fingerprint density at radius 2 is 1.89 bits per heavy atom. The molecule has 1 nitrogen and oxygen atoms in total. The number of rotatable bonds is 4. The van der Waals surface area contributed by atoms with Crippen LogP contribution in [0.3, 0.4) is 0 Å². The van der Waals surface area contributed by atoms with Crippen LogP contribution in [0.15, 0.2) is 24.6 Å². The highest BCUT2D eigenvalue weighted by Crippen LogP contribution is 1.96. The topological polar surface area (TPSA) is 9.23 Å². The van der Waals surface area contributed by atoms with E-state index in [9.17, 15) is 0 Å². The normalized spacial score (nSPS) is 13.2. The second-order valence-corrected chi connectivity index (χ2v) is 5.03. The molecule has 0 aromatic heterocycles. The van der Waals surface area contributed by atoms with Gasteiger partial charge < -0.3 is 4.74 Å². The highest BCUT2D eigenvalue weighted by molar-refractivity contribution is 6.70. The second-order valence-electron chi connectivity index (χ2n) is 1.99. The average molecular weight is 142 g/mol. The van der Waals surface area contributed by atoms with Crippen molar-refractivity contribution in [2.75, 3.05) is 7.11 Å². The van der Waals surface area contributed by atoms with Crippen molar-refractivity contribution < 1.29 is 4.74 Å². The summed E-state index contributed by atoms with van der Waals surface area (Å²) in [7, 11) is 0.739. The summed E-state index contributed by atoms with van der Waals surface area (Å²) >= 11 is 0. The lowest BCUT2D eigenvalue weighted by molar-refractivity contribution is 0.177. The summed E-state index contributed by atoms with van der Waals surface area (Å²) < 4.78 is 5.11. The van der Waals surface area contributed by atoms with E-state index in [1.54, 1.807) is 7.11 Å². The first-order valence-electron chi connectivity index (χ1n) is 3.04. The molecule has 0 amide bonds. The van der Waals surface area contributed by atoms with Crippen LogP contribution in [0.25, 0.3) is 0 Å². The maximum Gasteiger partial charge on any atom is 0.117 e. The summed E-state index contributed by atoms with van der Waals surface area (Å²) in [5, 5.41) is 0. The highest BCUT2D eigenvalue weighted by Gasteiger charge is 2.09. The zero-order chi connectivity index (χ0) is 7.28. The summed E-state index contributed by atoms with van der Waals surface area (Å²) in [5.74, 6) is 0. The summed E-state index contributed by atoms with van der Waals surface area (Å²) in [6.07, 6.45) is 0. The van der Waals surface area contributed by atoms with Crippen molar-refractivity contribution in [3.8, 4) is 0 Å². The largest absolute Gasteiger partial charge is 0.385 e. The fourth-order valence-electron chi connectivity index (χ4n) is 0.637. The zero-order valence-electron chi connectivity index (χ0n) is 6.13. The molecule has 9 heavy (non-hydrogen) atoms. The molecule has 0 aliphatic heterocycles. The number of hydrogen-bond acceptors (Lipinski definition) is 1. The molecule has 0 aliphatic carbocycles. The Hall–Kier alpha value is -0.343. The quantitative estimate of drug-likeness (QED) is 0.537. The van der Waals surface area contributed by atoms with Gasteiger partial charge in [0, 0.05) is 7.11 Å². The van der Waals surface area contributed by atoms with Crippen molar-refractivity contribution in [1.82, 2.24) is 0 Å². The fraction of sp³-hybridized carbons (Fsp3) is 0.429. The summed E-state index contributed by atoms with van der Waals surface area (Å²) in [6.45, 7) is 9.48. The van der Waals surface area contributed by atoms with E-state index in [2.05, 4.69) is 20.1 Å². The van der Waals surface area contributed by atoms with Gasteiger partial charge in [-0.1, -0.05) is 11.4 Å². The van der Waals surface area contributed by atoms with E-state index in [0.717, 1.165) is 0 Å². The fourth-order valence-corrected chi connectivity index (χ4v) is 1.91. The van der Waals surface area contributed by atoms with Gasteiger partial charge in [0.25, 0.3) is 0 Å². The molecule has 0 bridgehead atoms. The molecular weight excluding hydrogens is 128 g/mol. The van der Waals surface area contributed by atoms with Gasteiger partial charge >= 0.3 is 0 Å². The Labute approximate surface area is 58.6 Å². The van der Waals surface area contributed by atoms with Gasteiger partial charge in [-0.25, -0.2) is 0 Å². The minimum absolute atomic E-state index is 0.333. The molecule has 1 unspecified atom stereocenters. The number of hydrogen-bond donors (Lipinski definition) is 0. The van der Waals surface area contributed by atoms with Crippen molar-refractivity contribution in [1.29, 1.82) is 0 Å². The molecule has 0 heterocycles. The Morgan fingerprint density at radius 1 is 1.44 bits per heavy atom. The van der Waals surface area contributed by atoms with Crippen LogP contribution < -0.4 is 0 Å². The molecule has 0 saturated heterocycles. The minimum Gasteiger partial charge on any atom is -0.385 e. The Morgan fingerprint density at radius 3 is 2.00 bits per heavy atom. The first kappa shape index (κ1) is 8.66. The third-order valence-corrected chi connectivity index (χ3v) is 3.90. The average Bonchev–Trinajstić information content (AvgIpc) is 1.90. The summed E-state index contributed by atoms with van der Waals surface area (Å²) in [5.41, 5.74) is 4.28. The van der Waals surface area contributed by atoms with Gasteiger partial charge in [-0.05, 0) is 6.92 Å². The monoisotopic (exact) mass is 142 g/mol. The van der Waals surface area contributed by atoms with Crippen LogP contribution in [0.5, 0.6) is 0 Å². The number of ether oxygens (including phenoxy) is 1. The molecule has 1 atom stereocenters. The maximum absolute atomic E-state index is 5.11. The first-order chi connectivity index (χ1) is 4.26. The van der Waals surface area contributed by atoms with Crippen LogP contribution >= 0.6 is 0 Å². The van der Waals surface area contributed by atoms with Gasteiger partial charge in [-0.15, -0.1) is 13.2 Å². The van der Waals surface area contributed by atoms with Gasteiger partial charge in [-0.3, -0.25) is 0 Å². The Balaban J connectivity index is 3.77. The van der Waals surface area contributed by atoms with E-state index < -0.39 is 8.80 Å². The molecule has 0 aliphatic rings. The van der Waals surface area contributed by atoms with Crippen LogP contribution in [0.2, 0.25) is 0 Å². The van der Waals surface area contributed by atoms with E-state index in [0.29, 0.717) is 5.73 Å². The van der Waals surface area contributed by atoms with E-state index in [-0.39, 0.29) is 0 Å². The van der Waals surface area contributed by atoms with Crippen molar-refractivity contribution in [2.45, 2.75) is 12.7 Å². The highest BCUT2D eigenvalue weighted by atomic mass is 28.3. The predicted octanol–water partition coefficient (Wildman–Crippen LogP) is 1.24. The van der Waals surface area contributed by atoms with Gasteiger partial charge in [-0.2, -0.15) is 0 Å². The minimum atomic E-state index is -0.981. The van der Waals surface area contributed by atoms with Gasteiger partial charge in [0.1, 0.15) is 8.80 Å². The molecule has 52 valence electrons. The molecule has 0 N–H and O–H groups in total. The Kier molecular flexibility index (Phi) is 4.36. The third-order valence-electron chi connectivity index (χ3n) is 1.46. The van der Waals surface area contributed by atoms with E-state index in [1.165, 1.54) is 0 Å². The van der Waals surface area contributed by atoms with Gasteiger partial charge in [0.05, 0.1) is 5.73 Å². The molecule has 0 aromatic carbocycles. The molecular formula is C7H14OSi. The van der Waals surface area contributed by atoms with Crippen LogP contribution in [0, 0.1) is 0 Å². The van der Waals surface area contributed by atoms with E-state index >= 15 is 0 Å². The smallest absolute Gasteiger partial charge is 0.117 e. The SMILES string of the molecule is C=C[SiH](C=C)C(C)OC. The van der Waals surface area contributed by atoms with Crippen LogP contribution in [0.1, 0.15) is 6.92 Å². The molecule has 0 radical (unpaired) electrons. The standard InChI is InChI=1S/C7H14OSi/c1-5-9(6-2)7(3)8-4/h5-7,9H,1-2H2,3-4H3. The molecule has 0 rings (SSSR count). The van der Waals surface area contributed by atoms with E-state index in [1.807, 2.05) is 11.4 Å². The first-order valence-corrected chi connectivity index (χ1v) is 5.04. The van der Waals surface area contributed by atoms with Gasteiger partial charge in [0.15, 0.2) is 0 Å². The summed E-state index contributed by atoms with van der Waals surface area (Å²) in [4.78, 5) is 0. The molecule has 0 saturated carbocycles. The lowest BCUT2D eigenvalue weighted by atomic mass is 10.8. The van der Waals surface area contributed by atoms with E-state index in [4.69, 9.17) is 4.74 Å². The van der Waals surface area contributed by atoms with Crippen molar-refractivity contribution in [3.05, 3.63) is 24.6 Å². The molecule has 0 fully saturated rings. The predicted molar refractivity (Wildman–Crippen MR) is 44.0 cm³/mol. The number of methoxy groups -OCH3 is 1. The maximum atomic E-state index is 5.11. The van der Waals surface area contributed by atoms with Crippen molar-refractivity contribution in [2.24, 2.45) is 0 Å². The molecule has 0 aromatic rings. The Bertz CT molecular complexity index is 93.1. The van der Waals surface area contributed by atoms with Crippen LogP contribution in [-0.4, -0.2) is 21.6 Å². The van der Waals surface area contributed by atoms with Gasteiger partial charge in [0.2, 0.25) is 0 Å². The van der Waals surface area contributed by atoms with Crippen molar-refractivity contribution in [3.63, 3.8) is 0 Å². The lowest BCUT2D eigenvalue weighted by Gasteiger charge is -2.12. The van der Waals surface area contributed by atoms with Crippen molar-refractivity contribution >= 4 is 8.80 Å². The lowest BCUT2D eigenvalue weighted by Crippen LogP contribution is -2.25. The zero-order valence-corrected chi connectivity index (χ0v) is 7.29. The second kappa shape index (κ2) is 4.53. The summed E-state index contributed by atoms with van der Waals surface area (Å²) in [6, 6.07) is 0. The molecule has 0 spiro atoms. The van der Waals surface area contributed by atoms with Crippen LogP contribution in [-0.2, 0) is 4.74 Å². The van der Waals surface area contributed by atoms with Crippen LogP contribution in [0.4, 0.5) is 0 Å². The third kappa shape index (κ3) is 2.63.